The lowest BCUT2D eigenvalue weighted by Gasteiger charge is -2.48. The molecule has 1 aliphatic heterocycles. The first-order valence-corrected chi connectivity index (χ1v) is 13.2. The lowest BCUT2D eigenvalue weighted by molar-refractivity contribution is -0.143. The third-order valence-corrected chi connectivity index (χ3v) is 7.72. The molecule has 3 atom stereocenters. The number of hydrogen-bond donors (Lipinski definition) is 2. The molecule has 3 amide bonds. The van der Waals surface area contributed by atoms with Gasteiger partial charge < -0.3 is 25.0 Å². The lowest BCUT2D eigenvalue weighted by atomic mass is 9.77. The summed E-state index contributed by atoms with van der Waals surface area (Å²) in [6.07, 6.45) is -8.10. The van der Waals surface area contributed by atoms with Crippen molar-refractivity contribution in [2.24, 2.45) is 0 Å². The van der Waals surface area contributed by atoms with Crippen LogP contribution in [-0.4, -0.2) is 53.3 Å². The number of nitrogens with zero attached hydrogens (tertiary/aromatic N) is 2. The molecule has 14 heteroatoms. The molecule has 1 aliphatic rings. The highest BCUT2D eigenvalue weighted by atomic mass is 19.4. The van der Waals surface area contributed by atoms with Crippen molar-refractivity contribution in [2.75, 3.05) is 20.7 Å². The number of halogens is 7. The monoisotopic (exact) mass is 619 g/mol. The summed E-state index contributed by atoms with van der Waals surface area (Å²) in [6.45, 7) is 2.89. The number of amides is 3. The summed E-state index contributed by atoms with van der Waals surface area (Å²) in [5.41, 5.74) is -3.49. The predicted octanol–water partition coefficient (Wildman–Crippen LogP) is 7.68. The van der Waals surface area contributed by atoms with Gasteiger partial charge in [-0.25, -0.2) is 14.0 Å². The van der Waals surface area contributed by atoms with Gasteiger partial charge in [0.1, 0.15) is 5.82 Å². The number of alkyl halides is 6. The summed E-state index contributed by atoms with van der Waals surface area (Å²) < 4.78 is 99.8. The van der Waals surface area contributed by atoms with Crippen molar-refractivity contribution in [3.05, 3.63) is 82.4 Å². The van der Waals surface area contributed by atoms with E-state index in [1.807, 2.05) is 0 Å². The van der Waals surface area contributed by atoms with Gasteiger partial charge >= 0.3 is 24.5 Å². The number of benzene rings is 2. The predicted molar refractivity (Wildman–Crippen MR) is 142 cm³/mol. The van der Waals surface area contributed by atoms with Crippen LogP contribution in [0.25, 0.3) is 0 Å². The molecule has 1 fully saturated rings. The number of hydrogen-bond acceptors (Lipinski definition) is 3. The lowest BCUT2D eigenvalue weighted by Crippen LogP contribution is -2.58. The molecule has 7 nitrogen and oxygen atoms in total. The van der Waals surface area contributed by atoms with E-state index in [4.69, 9.17) is 4.74 Å². The quantitative estimate of drug-likeness (QED) is 0.246. The van der Waals surface area contributed by atoms with E-state index in [-0.39, 0.29) is 37.4 Å². The van der Waals surface area contributed by atoms with Crippen molar-refractivity contribution in [3.8, 4) is 0 Å². The molecule has 2 aromatic carbocycles. The number of rotatable bonds is 7. The number of urea groups is 1. The Labute approximate surface area is 243 Å². The molecule has 43 heavy (non-hydrogen) atoms. The topological polar surface area (TPSA) is 82.1 Å². The Morgan fingerprint density at radius 2 is 1.74 bits per heavy atom. The molecule has 0 unspecified atom stereocenters. The van der Waals surface area contributed by atoms with E-state index in [9.17, 15) is 45.4 Å². The van der Waals surface area contributed by atoms with Crippen LogP contribution in [-0.2, 0) is 17.1 Å². The minimum absolute atomic E-state index is 0.0169. The van der Waals surface area contributed by atoms with E-state index in [1.54, 1.807) is 13.0 Å². The molecule has 1 heterocycles. The summed E-state index contributed by atoms with van der Waals surface area (Å²) in [5.74, 6) is -0.538. The van der Waals surface area contributed by atoms with E-state index in [1.165, 1.54) is 50.4 Å². The van der Waals surface area contributed by atoms with Gasteiger partial charge in [0.2, 0.25) is 0 Å². The molecule has 0 aliphatic carbocycles. The van der Waals surface area contributed by atoms with Crippen molar-refractivity contribution in [1.82, 2.24) is 15.1 Å². The Morgan fingerprint density at radius 1 is 1.14 bits per heavy atom. The van der Waals surface area contributed by atoms with Crippen LogP contribution in [0, 0.1) is 12.7 Å². The third-order valence-electron chi connectivity index (χ3n) is 7.72. The number of piperidine rings is 1. The van der Waals surface area contributed by atoms with Crippen LogP contribution in [0.15, 0.2) is 48.7 Å². The van der Waals surface area contributed by atoms with Crippen molar-refractivity contribution < 1.29 is 50.2 Å². The number of carboxylic acid groups (broad SMARTS) is 1. The largest absolute Gasteiger partial charge is 0.505 e. The summed E-state index contributed by atoms with van der Waals surface area (Å²) >= 11 is 0. The van der Waals surface area contributed by atoms with Crippen molar-refractivity contribution in [1.29, 1.82) is 0 Å². The van der Waals surface area contributed by atoms with E-state index in [0.717, 1.165) is 4.90 Å². The summed E-state index contributed by atoms with van der Waals surface area (Å²) in [7, 11) is 2.67. The molecule has 2 aromatic rings. The molecule has 0 saturated carbocycles. The van der Waals surface area contributed by atoms with Crippen LogP contribution in [0.1, 0.15) is 66.1 Å². The van der Waals surface area contributed by atoms with Crippen LogP contribution >= 0.6 is 0 Å². The fourth-order valence-corrected chi connectivity index (χ4v) is 5.35. The second kappa shape index (κ2) is 12.7. The van der Waals surface area contributed by atoms with Crippen LogP contribution < -0.4 is 5.32 Å². The maximum atomic E-state index is 14.0. The van der Waals surface area contributed by atoms with E-state index >= 15 is 0 Å². The zero-order valence-corrected chi connectivity index (χ0v) is 23.8. The average molecular weight is 620 g/mol. The van der Waals surface area contributed by atoms with Gasteiger partial charge in [0.25, 0.3) is 0 Å². The maximum absolute atomic E-state index is 14.0. The van der Waals surface area contributed by atoms with Gasteiger partial charge in [-0.15, -0.1) is 0 Å². The highest BCUT2D eigenvalue weighted by molar-refractivity contribution is 5.76. The first-order chi connectivity index (χ1) is 19.9. The first kappa shape index (κ1) is 33.5. The second-order valence-corrected chi connectivity index (χ2v) is 10.6. The molecule has 0 bridgehead atoms. The number of ether oxygens (including phenoxy) is 1. The summed E-state index contributed by atoms with van der Waals surface area (Å²) in [6, 6.07) is 2.29. The molecule has 2 N–H and O–H groups in total. The number of likely N-dealkylation sites (tertiary alicyclic amines) is 1. The zero-order valence-electron chi connectivity index (χ0n) is 23.8. The van der Waals surface area contributed by atoms with Crippen molar-refractivity contribution in [3.63, 3.8) is 0 Å². The molecule has 0 spiro atoms. The molecule has 3 rings (SSSR count). The Bertz CT molecular complexity index is 1330. The maximum Gasteiger partial charge on any atom is 0.416 e. The Balaban J connectivity index is 2.04. The van der Waals surface area contributed by atoms with Crippen LogP contribution in [0.5, 0.6) is 0 Å². The smallest absolute Gasteiger partial charge is 0.416 e. The molecular weight excluding hydrogens is 587 g/mol. The second-order valence-electron chi connectivity index (χ2n) is 10.6. The van der Waals surface area contributed by atoms with Gasteiger partial charge in [0.05, 0.1) is 42.1 Å². The van der Waals surface area contributed by atoms with Gasteiger partial charge in [-0.05, 0) is 86.2 Å². The SMILES string of the molecule is COC=CC[C@]1(NC(=O)O)CCN(C(=O)N(C)[C@H](C)c2cc(C(F)(F)F)cc(C(F)(F)F)c2)[C@@H](c2ccc(F)cc2C)C1. The number of carbonyl (C=O) groups excluding carboxylic acids is 1. The van der Waals surface area contributed by atoms with Crippen molar-refractivity contribution >= 4 is 12.1 Å². The molecule has 0 aromatic heterocycles. The van der Waals surface area contributed by atoms with Crippen LogP contribution in [0.3, 0.4) is 0 Å². The average Bonchev–Trinajstić information content (AvgIpc) is 2.90. The summed E-state index contributed by atoms with van der Waals surface area (Å²) in [4.78, 5) is 28.1. The fourth-order valence-electron chi connectivity index (χ4n) is 5.35. The highest BCUT2D eigenvalue weighted by Gasteiger charge is 2.44. The molecule has 236 valence electrons. The Hall–Kier alpha value is -3.97. The van der Waals surface area contributed by atoms with E-state index in [0.29, 0.717) is 23.3 Å². The number of carbonyl (C=O) groups is 2. The Kier molecular flexibility index (Phi) is 9.92. The third kappa shape index (κ3) is 7.90. The zero-order chi connectivity index (χ0) is 32.3. The number of aryl methyl sites for hydroxylation is 1. The molecular formula is C29H32F7N3O4. The number of methoxy groups -OCH3 is 1. The summed E-state index contributed by atoms with van der Waals surface area (Å²) in [5, 5.41) is 12.1. The molecule has 0 radical (unpaired) electrons. The van der Waals surface area contributed by atoms with Gasteiger partial charge in [-0.1, -0.05) is 6.07 Å². The minimum atomic E-state index is -5.06. The van der Waals surface area contributed by atoms with Gasteiger partial charge in [0, 0.05) is 13.6 Å². The fraction of sp³-hybridized carbons (Fsp3) is 0.448. The molecule has 1 saturated heterocycles. The first-order valence-electron chi connectivity index (χ1n) is 13.2. The van der Waals surface area contributed by atoms with Gasteiger partial charge in [-0.2, -0.15) is 26.3 Å². The van der Waals surface area contributed by atoms with Crippen LogP contribution in [0.4, 0.5) is 40.3 Å². The Morgan fingerprint density at radius 3 is 2.26 bits per heavy atom. The van der Waals surface area contributed by atoms with E-state index in [2.05, 4.69) is 5.32 Å². The van der Waals surface area contributed by atoms with Crippen LogP contribution in [0.2, 0.25) is 0 Å². The number of nitrogens with one attached hydrogen (secondary N) is 1. The van der Waals surface area contributed by atoms with E-state index < -0.39 is 59.0 Å². The standard InChI is InChI=1S/C29H32F7N3O4/c1-17-12-22(30)6-7-23(17)24-16-27(37-25(40)41,8-5-11-43-4)9-10-39(24)26(42)38(3)18(2)19-13-20(28(31,32)33)15-21(14-19)29(34,35)36/h5-7,11-15,18,24,37H,8-10,16H2,1-4H3,(H,40,41)/t18-,24-,27+/m1/s1. The minimum Gasteiger partial charge on any atom is -0.505 e. The normalized spacial score (nSPS) is 20.2. The van der Waals surface area contributed by atoms with Gasteiger partial charge in [0.15, 0.2) is 0 Å². The highest BCUT2D eigenvalue weighted by Crippen LogP contribution is 2.42. The van der Waals surface area contributed by atoms with Crippen molar-refractivity contribution in [2.45, 2.75) is 63.1 Å². The van der Waals surface area contributed by atoms with Gasteiger partial charge in [-0.3, -0.25) is 0 Å².